The number of quaternary nitrogens is 1. The van der Waals surface area contributed by atoms with Crippen molar-refractivity contribution in [3.8, 4) is 0 Å². The molecule has 2 bridgehead atoms. The van der Waals surface area contributed by atoms with Crippen LogP contribution < -0.4 is 5.32 Å². The molecule has 0 aromatic carbocycles. The lowest BCUT2D eigenvalue weighted by Crippen LogP contribution is -2.94. The van der Waals surface area contributed by atoms with E-state index in [1.54, 1.807) is 0 Å². The molecule has 0 saturated carbocycles. The van der Waals surface area contributed by atoms with E-state index in [1.807, 2.05) is 29.5 Å². The summed E-state index contributed by atoms with van der Waals surface area (Å²) in [5, 5.41) is 2.19. The molecule has 4 nitrogen and oxygen atoms in total. The Labute approximate surface area is 102 Å². The minimum absolute atomic E-state index is 0.0498. The van der Waals surface area contributed by atoms with Crippen molar-refractivity contribution in [1.82, 2.24) is 0 Å². The minimum atomic E-state index is -0.158. The van der Waals surface area contributed by atoms with Crippen LogP contribution in [0.3, 0.4) is 0 Å². The van der Waals surface area contributed by atoms with Crippen molar-refractivity contribution >= 4 is 34.3 Å². The number of piperidine rings is 1. The fourth-order valence-corrected chi connectivity index (χ4v) is 2.54. The Hall–Kier alpha value is -0.170. The Morgan fingerprint density at radius 3 is 3.00 bits per heavy atom. The average Bonchev–Trinajstić information content (AvgIpc) is 2.41. The Morgan fingerprint density at radius 2 is 2.33 bits per heavy atom. The van der Waals surface area contributed by atoms with Crippen molar-refractivity contribution in [2.75, 3.05) is 0 Å². The maximum Gasteiger partial charge on any atom is 0.319 e. The van der Waals surface area contributed by atoms with Crippen molar-refractivity contribution in [1.29, 1.82) is 0 Å². The van der Waals surface area contributed by atoms with E-state index in [1.165, 1.54) is 0 Å². The first kappa shape index (κ1) is 11.3. The van der Waals surface area contributed by atoms with Gasteiger partial charge in [0.2, 0.25) is 0 Å². The monoisotopic (exact) mass is 324 g/mol. The molecular formula is C10H15INO3+. The molecule has 15 heavy (non-hydrogen) atoms. The summed E-state index contributed by atoms with van der Waals surface area (Å²) in [7, 11) is 0. The lowest BCUT2D eigenvalue weighted by Gasteiger charge is -2.19. The second kappa shape index (κ2) is 4.37. The Kier molecular flexibility index (Phi) is 3.30. The van der Waals surface area contributed by atoms with E-state index in [9.17, 15) is 9.59 Å². The van der Waals surface area contributed by atoms with Gasteiger partial charge in [-0.1, -0.05) is 22.6 Å². The Balaban J connectivity index is 1.95. The zero-order chi connectivity index (χ0) is 11.0. The number of halogens is 1. The maximum absolute atomic E-state index is 11.4. The SMILES string of the molecule is CC(I)C(=O)OC1CC2CC(=O)CC1[NH2+]2. The fourth-order valence-electron chi connectivity index (χ4n) is 2.39. The van der Waals surface area contributed by atoms with Crippen LogP contribution in [0.1, 0.15) is 26.2 Å². The summed E-state index contributed by atoms with van der Waals surface area (Å²) in [4.78, 5) is 22.8. The third-order valence-corrected chi connectivity index (χ3v) is 3.59. The lowest BCUT2D eigenvalue weighted by molar-refractivity contribution is -0.706. The van der Waals surface area contributed by atoms with Gasteiger partial charge in [0, 0.05) is 6.42 Å². The maximum atomic E-state index is 11.4. The van der Waals surface area contributed by atoms with Gasteiger partial charge in [0.15, 0.2) is 6.10 Å². The van der Waals surface area contributed by atoms with Crippen molar-refractivity contribution in [2.45, 2.75) is 48.3 Å². The van der Waals surface area contributed by atoms with Gasteiger partial charge in [-0.05, 0) is 6.92 Å². The molecule has 4 atom stereocenters. The van der Waals surface area contributed by atoms with Gasteiger partial charge < -0.3 is 10.1 Å². The molecule has 0 aromatic heterocycles. The number of esters is 1. The van der Waals surface area contributed by atoms with Crippen LogP contribution in [0.4, 0.5) is 0 Å². The van der Waals surface area contributed by atoms with Crippen molar-refractivity contribution < 1.29 is 19.6 Å². The number of ether oxygens (including phenoxy) is 1. The van der Waals surface area contributed by atoms with Crippen LogP contribution in [0, 0.1) is 0 Å². The van der Waals surface area contributed by atoms with Gasteiger partial charge >= 0.3 is 5.97 Å². The van der Waals surface area contributed by atoms with Gasteiger partial charge in [-0.25, -0.2) is 0 Å². The molecule has 2 fully saturated rings. The fraction of sp³-hybridized carbons (Fsp3) is 0.800. The quantitative estimate of drug-likeness (QED) is 0.434. The number of alkyl halides is 1. The number of nitrogens with two attached hydrogens (primary N) is 1. The average molecular weight is 324 g/mol. The Morgan fingerprint density at radius 1 is 1.60 bits per heavy atom. The van der Waals surface area contributed by atoms with E-state index in [-0.39, 0.29) is 22.0 Å². The molecule has 2 heterocycles. The molecule has 2 aliphatic rings. The molecule has 0 radical (unpaired) electrons. The molecular weight excluding hydrogens is 309 g/mol. The summed E-state index contributed by atoms with van der Waals surface area (Å²) in [5.41, 5.74) is 0. The zero-order valence-corrected chi connectivity index (χ0v) is 10.8. The molecule has 0 aromatic rings. The topological polar surface area (TPSA) is 60.0 Å². The van der Waals surface area contributed by atoms with E-state index in [4.69, 9.17) is 4.74 Å². The molecule has 0 spiro atoms. The highest BCUT2D eigenvalue weighted by Crippen LogP contribution is 2.22. The molecule has 0 amide bonds. The zero-order valence-electron chi connectivity index (χ0n) is 8.61. The predicted octanol–water partition coefficient (Wildman–Crippen LogP) is -0.211. The number of hydrogen-bond acceptors (Lipinski definition) is 3. The van der Waals surface area contributed by atoms with Crippen molar-refractivity contribution in [3.05, 3.63) is 0 Å². The predicted molar refractivity (Wildman–Crippen MR) is 61.7 cm³/mol. The normalized spacial score (nSPS) is 36.4. The molecule has 2 saturated heterocycles. The highest BCUT2D eigenvalue weighted by molar-refractivity contribution is 14.1. The minimum Gasteiger partial charge on any atom is -0.455 e. The number of carbonyl (C=O) groups is 2. The highest BCUT2D eigenvalue weighted by Gasteiger charge is 2.46. The van der Waals surface area contributed by atoms with Crippen LogP contribution in [-0.4, -0.2) is 33.9 Å². The first-order chi connectivity index (χ1) is 7.06. The molecule has 2 aliphatic heterocycles. The van der Waals surface area contributed by atoms with E-state index in [2.05, 4.69) is 5.32 Å². The second-order valence-corrected chi connectivity index (χ2v) is 6.26. The van der Waals surface area contributed by atoms with E-state index >= 15 is 0 Å². The van der Waals surface area contributed by atoms with E-state index in [0.717, 1.165) is 6.42 Å². The number of rotatable bonds is 2. The summed E-state index contributed by atoms with van der Waals surface area (Å²) in [6, 6.07) is 0.522. The lowest BCUT2D eigenvalue weighted by atomic mass is 10.0. The van der Waals surface area contributed by atoms with Gasteiger partial charge in [-0.2, -0.15) is 0 Å². The molecule has 5 heteroatoms. The number of Topliss-reactive ketones (excluding diaryl/α,β-unsaturated/α-hetero) is 1. The van der Waals surface area contributed by atoms with Gasteiger partial charge in [0.25, 0.3) is 0 Å². The van der Waals surface area contributed by atoms with Gasteiger partial charge in [-0.3, -0.25) is 9.59 Å². The molecule has 84 valence electrons. The van der Waals surface area contributed by atoms with Crippen LogP contribution in [-0.2, 0) is 14.3 Å². The summed E-state index contributed by atoms with van der Waals surface area (Å²) < 4.78 is 5.29. The van der Waals surface area contributed by atoms with Gasteiger partial charge in [-0.15, -0.1) is 0 Å². The number of carbonyl (C=O) groups excluding carboxylic acids is 2. The number of hydrogen-bond donors (Lipinski definition) is 1. The van der Waals surface area contributed by atoms with Crippen LogP contribution in [0.2, 0.25) is 0 Å². The first-order valence-electron chi connectivity index (χ1n) is 5.27. The summed E-state index contributed by atoms with van der Waals surface area (Å²) in [6.07, 6.45) is 1.99. The van der Waals surface area contributed by atoms with Gasteiger partial charge in [0.05, 0.1) is 18.9 Å². The van der Waals surface area contributed by atoms with Crippen molar-refractivity contribution in [2.24, 2.45) is 0 Å². The third kappa shape index (κ3) is 2.50. The molecule has 0 aliphatic carbocycles. The summed E-state index contributed by atoms with van der Waals surface area (Å²) in [5.74, 6) is 0.155. The second-order valence-electron chi connectivity index (χ2n) is 4.39. The molecule has 4 unspecified atom stereocenters. The largest absolute Gasteiger partial charge is 0.455 e. The Bertz CT molecular complexity index is 292. The molecule has 2 rings (SSSR count). The highest BCUT2D eigenvalue weighted by atomic mass is 127. The molecule has 2 N–H and O–H groups in total. The van der Waals surface area contributed by atoms with E-state index < -0.39 is 0 Å². The first-order valence-corrected chi connectivity index (χ1v) is 6.52. The van der Waals surface area contributed by atoms with Crippen LogP contribution in [0.5, 0.6) is 0 Å². The van der Waals surface area contributed by atoms with Crippen molar-refractivity contribution in [3.63, 3.8) is 0 Å². The summed E-state index contributed by atoms with van der Waals surface area (Å²) >= 11 is 2.05. The third-order valence-electron chi connectivity index (χ3n) is 3.08. The number of ketones is 1. The van der Waals surface area contributed by atoms with Gasteiger partial charge in [0.1, 0.15) is 15.7 Å². The smallest absolute Gasteiger partial charge is 0.319 e. The van der Waals surface area contributed by atoms with Crippen LogP contribution in [0.15, 0.2) is 0 Å². The van der Waals surface area contributed by atoms with Crippen LogP contribution >= 0.6 is 22.6 Å². The standard InChI is InChI=1S/C10H14INO3/c1-5(11)10(14)15-9-3-6-2-7(13)4-8(9)12-6/h5-6,8-9,12H,2-4H2,1H3/p+1. The number of fused-ring (bicyclic) bond motifs is 2. The van der Waals surface area contributed by atoms with Crippen LogP contribution in [0.25, 0.3) is 0 Å². The van der Waals surface area contributed by atoms with E-state index in [0.29, 0.717) is 24.7 Å². The summed E-state index contributed by atoms with van der Waals surface area (Å²) in [6.45, 7) is 1.82.